The minimum absolute atomic E-state index is 0.108. The van der Waals surface area contributed by atoms with Crippen molar-refractivity contribution in [3.05, 3.63) is 216 Å². The molecule has 0 amide bonds. The van der Waals surface area contributed by atoms with Crippen LogP contribution >= 0.6 is 0 Å². The normalized spacial score (nSPS) is 14.4. The molecule has 62 heavy (non-hydrogen) atoms. The van der Waals surface area contributed by atoms with Crippen molar-refractivity contribution in [2.75, 3.05) is 9.80 Å². The van der Waals surface area contributed by atoms with Gasteiger partial charge >= 0.3 is 0 Å². The van der Waals surface area contributed by atoms with Gasteiger partial charge in [-0.25, -0.2) is 0 Å². The van der Waals surface area contributed by atoms with E-state index in [4.69, 9.17) is 0 Å². The standard InChI is InChI=1S/C60H44N2/c1-59(2)49-20-12-11-19-45(49)46-31-28-43(35-51(46)59)61(41-15-7-5-8-16-41)53-32-26-38-25-30-48-54(33-27-39-24-29-47(53)55(38)56(39)48)62(42-17-9-6-10-18-42)44-34-40-23-22-37-14-13-21-50-57(37)58(40)52(36-44)60(50,3)4/h5-36H,1-4H3. The molecule has 0 aromatic heterocycles. The molecule has 11 aromatic carbocycles. The molecular formula is C60H44N2. The van der Waals surface area contributed by atoms with Crippen LogP contribution in [0.1, 0.15) is 49.9 Å². The first-order chi connectivity index (χ1) is 30.3. The summed E-state index contributed by atoms with van der Waals surface area (Å²) in [5, 5.41) is 12.9. The highest BCUT2D eigenvalue weighted by Gasteiger charge is 2.37. The average Bonchev–Trinajstić information content (AvgIpc) is 3.69. The van der Waals surface area contributed by atoms with E-state index in [0.29, 0.717) is 0 Å². The smallest absolute Gasteiger partial charge is 0.0540 e. The Morgan fingerprint density at radius 2 is 0.774 bits per heavy atom. The lowest BCUT2D eigenvalue weighted by Crippen LogP contribution is -2.17. The highest BCUT2D eigenvalue weighted by molar-refractivity contribution is 6.28. The van der Waals surface area contributed by atoms with Crippen molar-refractivity contribution in [1.29, 1.82) is 0 Å². The number of nitrogens with zero attached hydrogens (tertiary/aromatic N) is 2. The third-order valence-electron chi connectivity index (χ3n) is 14.5. The number of benzene rings is 11. The summed E-state index contributed by atoms with van der Waals surface area (Å²) in [5.74, 6) is 0. The van der Waals surface area contributed by atoms with Crippen LogP contribution in [0.25, 0.3) is 65.0 Å². The molecule has 2 aliphatic rings. The Morgan fingerprint density at radius 3 is 1.45 bits per heavy atom. The Hall–Kier alpha value is -7.42. The molecule has 0 bridgehead atoms. The Morgan fingerprint density at radius 1 is 0.290 bits per heavy atom. The molecule has 0 heterocycles. The molecule has 0 N–H and O–H groups in total. The van der Waals surface area contributed by atoms with Gasteiger partial charge in [0.15, 0.2) is 0 Å². The maximum absolute atomic E-state index is 2.49. The highest BCUT2D eigenvalue weighted by Crippen LogP contribution is 2.54. The van der Waals surface area contributed by atoms with Gasteiger partial charge in [0, 0.05) is 44.4 Å². The van der Waals surface area contributed by atoms with Gasteiger partial charge in [-0.1, -0.05) is 161 Å². The zero-order valence-corrected chi connectivity index (χ0v) is 35.4. The Balaban J connectivity index is 1.04. The summed E-state index contributed by atoms with van der Waals surface area (Å²) in [4.78, 5) is 4.96. The predicted octanol–water partition coefficient (Wildman–Crippen LogP) is 16.8. The van der Waals surface area contributed by atoms with Gasteiger partial charge < -0.3 is 9.80 Å². The third-order valence-corrected chi connectivity index (χ3v) is 14.5. The number of hydrogen-bond acceptors (Lipinski definition) is 2. The Kier molecular flexibility index (Phi) is 7.16. The number of para-hydroxylation sites is 2. The maximum Gasteiger partial charge on any atom is 0.0540 e. The summed E-state index contributed by atoms with van der Waals surface area (Å²) in [6.07, 6.45) is 0. The summed E-state index contributed by atoms with van der Waals surface area (Å²) in [6, 6.07) is 72.8. The van der Waals surface area contributed by atoms with Crippen LogP contribution in [-0.2, 0) is 10.8 Å². The fourth-order valence-corrected chi connectivity index (χ4v) is 11.5. The summed E-state index contributed by atoms with van der Waals surface area (Å²) < 4.78 is 0. The third kappa shape index (κ3) is 4.75. The van der Waals surface area contributed by atoms with E-state index in [9.17, 15) is 0 Å². The second kappa shape index (κ2) is 12.6. The molecule has 2 heteroatoms. The van der Waals surface area contributed by atoms with Gasteiger partial charge in [0.25, 0.3) is 0 Å². The van der Waals surface area contributed by atoms with Crippen LogP contribution in [0, 0.1) is 0 Å². The van der Waals surface area contributed by atoms with Gasteiger partial charge in [0.05, 0.1) is 11.4 Å². The molecular weight excluding hydrogens is 749 g/mol. The first-order valence-electron chi connectivity index (χ1n) is 21.9. The first-order valence-corrected chi connectivity index (χ1v) is 21.9. The minimum atomic E-state index is -0.123. The van der Waals surface area contributed by atoms with E-state index in [1.54, 1.807) is 0 Å². The van der Waals surface area contributed by atoms with Crippen molar-refractivity contribution in [2.45, 2.75) is 38.5 Å². The van der Waals surface area contributed by atoms with Crippen molar-refractivity contribution in [1.82, 2.24) is 0 Å². The first kappa shape index (κ1) is 35.3. The molecule has 11 aromatic rings. The molecule has 13 rings (SSSR count). The van der Waals surface area contributed by atoms with Gasteiger partial charge in [0.1, 0.15) is 0 Å². The van der Waals surface area contributed by atoms with Gasteiger partial charge in [-0.05, 0) is 137 Å². The molecule has 0 fully saturated rings. The summed E-state index contributed by atoms with van der Waals surface area (Å²) in [7, 11) is 0. The average molecular weight is 793 g/mol. The molecule has 0 saturated carbocycles. The molecule has 0 spiro atoms. The predicted molar refractivity (Wildman–Crippen MR) is 264 cm³/mol. The lowest BCUT2D eigenvalue weighted by molar-refractivity contribution is 0.660. The lowest BCUT2D eigenvalue weighted by atomic mass is 9.81. The van der Waals surface area contributed by atoms with Crippen LogP contribution in [0.5, 0.6) is 0 Å². The molecule has 0 unspecified atom stereocenters. The van der Waals surface area contributed by atoms with Gasteiger partial charge in [-0.15, -0.1) is 0 Å². The number of anilines is 6. The van der Waals surface area contributed by atoms with Crippen LogP contribution in [0.3, 0.4) is 0 Å². The monoisotopic (exact) mass is 792 g/mol. The van der Waals surface area contributed by atoms with Gasteiger partial charge in [-0.2, -0.15) is 0 Å². The molecule has 0 aliphatic heterocycles. The van der Waals surface area contributed by atoms with Crippen molar-refractivity contribution >= 4 is 88.0 Å². The Labute approximate surface area is 362 Å². The zero-order valence-electron chi connectivity index (χ0n) is 35.4. The van der Waals surface area contributed by atoms with Crippen LogP contribution in [0.15, 0.2) is 194 Å². The molecule has 2 aliphatic carbocycles. The van der Waals surface area contributed by atoms with Crippen molar-refractivity contribution in [3.63, 3.8) is 0 Å². The van der Waals surface area contributed by atoms with E-state index in [1.807, 2.05) is 0 Å². The van der Waals surface area contributed by atoms with Crippen LogP contribution in [-0.4, -0.2) is 0 Å². The van der Waals surface area contributed by atoms with Crippen molar-refractivity contribution in [2.24, 2.45) is 0 Å². The van der Waals surface area contributed by atoms with Crippen molar-refractivity contribution in [3.8, 4) is 11.1 Å². The van der Waals surface area contributed by atoms with Gasteiger partial charge in [0.2, 0.25) is 0 Å². The summed E-state index contributed by atoms with van der Waals surface area (Å²) in [5.41, 5.74) is 14.9. The van der Waals surface area contributed by atoms with E-state index in [1.165, 1.54) is 104 Å². The molecule has 0 atom stereocenters. The van der Waals surface area contributed by atoms with E-state index in [-0.39, 0.29) is 10.8 Å². The number of rotatable bonds is 6. The molecule has 0 radical (unpaired) electrons. The highest BCUT2D eigenvalue weighted by atomic mass is 15.1. The van der Waals surface area contributed by atoms with Crippen LogP contribution < -0.4 is 9.80 Å². The topological polar surface area (TPSA) is 6.48 Å². The number of hydrogen-bond donors (Lipinski definition) is 0. The Bertz CT molecular complexity index is 3640. The quantitative estimate of drug-likeness (QED) is 0.155. The zero-order chi connectivity index (χ0) is 41.5. The largest absolute Gasteiger partial charge is 0.310 e. The number of fused-ring (bicyclic) bond motifs is 3. The van der Waals surface area contributed by atoms with E-state index >= 15 is 0 Å². The summed E-state index contributed by atoms with van der Waals surface area (Å²) >= 11 is 0. The fourth-order valence-electron chi connectivity index (χ4n) is 11.5. The van der Waals surface area contributed by atoms with Gasteiger partial charge in [-0.3, -0.25) is 0 Å². The van der Waals surface area contributed by atoms with E-state index < -0.39 is 0 Å². The SMILES string of the molecule is CC1(C)c2ccccc2-c2ccc(N(c3ccccc3)c3ccc4ccc5c(N(c6ccccc6)c6cc7c8c(ccc9cccc(c98)C7(C)C)c6)ccc6ccc3c4c65)cc21. The van der Waals surface area contributed by atoms with Crippen molar-refractivity contribution < 1.29 is 0 Å². The molecule has 0 saturated heterocycles. The van der Waals surface area contributed by atoms with E-state index in [2.05, 4.69) is 232 Å². The minimum Gasteiger partial charge on any atom is -0.310 e. The van der Waals surface area contributed by atoms with E-state index in [0.717, 1.165) is 17.1 Å². The molecule has 294 valence electrons. The van der Waals surface area contributed by atoms with Crippen LogP contribution in [0.4, 0.5) is 34.1 Å². The molecule has 2 nitrogen and oxygen atoms in total. The second-order valence-electron chi connectivity index (χ2n) is 18.5. The second-order valence-corrected chi connectivity index (χ2v) is 18.5. The van der Waals surface area contributed by atoms with Crippen LogP contribution in [0.2, 0.25) is 0 Å². The summed E-state index contributed by atoms with van der Waals surface area (Å²) in [6.45, 7) is 9.52. The lowest BCUT2D eigenvalue weighted by Gasteiger charge is -2.31. The maximum atomic E-state index is 2.49. The fraction of sp³-hybridized carbons (Fsp3) is 0.100.